The van der Waals surface area contributed by atoms with Gasteiger partial charge in [0.05, 0.1) is 13.0 Å². The van der Waals surface area contributed by atoms with Crippen molar-refractivity contribution in [3.8, 4) is 0 Å². The molecule has 0 amide bonds. The van der Waals surface area contributed by atoms with Gasteiger partial charge in [0.1, 0.15) is 0 Å². The second-order valence-electron chi connectivity index (χ2n) is 3.80. The van der Waals surface area contributed by atoms with Crippen molar-refractivity contribution in [3.05, 3.63) is 33.8 Å². The average molecular weight is 315 g/mol. The van der Waals surface area contributed by atoms with Gasteiger partial charge >= 0.3 is 11.9 Å². The number of carbonyl (C=O) groups excluding carboxylic acids is 1. The van der Waals surface area contributed by atoms with Crippen molar-refractivity contribution in [2.24, 2.45) is 0 Å². The largest absolute Gasteiger partial charge is 0.481 e. The lowest BCUT2D eigenvalue weighted by Crippen LogP contribution is -2.07. The fraction of sp³-hybridized carbons (Fsp3) is 0.385. The molecule has 0 aliphatic rings. The Labute approximate surface area is 114 Å². The minimum atomic E-state index is -0.822. The number of aryl methyl sites for hydroxylation is 1. The van der Waals surface area contributed by atoms with Crippen LogP contribution in [0.5, 0.6) is 0 Å². The first-order chi connectivity index (χ1) is 8.52. The Morgan fingerprint density at radius 1 is 1.39 bits per heavy atom. The predicted octanol–water partition coefficient (Wildman–Crippen LogP) is 2.57. The fourth-order valence-electron chi connectivity index (χ4n) is 1.52. The number of carbonyl (C=O) groups is 2. The van der Waals surface area contributed by atoms with E-state index < -0.39 is 5.97 Å². The molecule has 1 aromatic carbocycles. The first-order valence-corrected chi connectivity index (χ1v) is 6.47. The quantitative estimate of drug-likeness (QED) is 0.820. The molecule has 1 aromatic rings. The number of esters is 1. The Bertz CT molecular complexity index is 443. The van der Waals surface area contributed by atoms with Crippen LogP contribution < -0.4 is 0 Å². The summed E-state index contributed by atoms with van der Waals surface area (Å²) in [5.74, 6) is -1.08. The topological polar surface area (TPSA) is 63.6 Å². The number of aliphatic carboxylic acids is 1. The number of carboxylic acids is 1. The molecule has 0 aliphatic carbocycles. The number of halogens is 1. The molecule has 0 aliphatic heterocycles. The van der Waals surface area contributed by atoms with E-state index in [2.05, 4.69) is 15.9 Å². The molecule has 0 saturated heterocycles. The van der Waals surface area contributed by atoms with Crippen LogP contribution in [-0.4, -0.2) is 23.7 Å². The van der Waals surface area contributed by atoms with E-state index >= 15 is 0 Å². The summed E-state index contributed by atoms with van der Waals surface area (Å²) in [7, 11) is 0. The first kappa shape index (κ1) is 14.7. The lowest BCUT2D eigenvalue weighted by atomic mass is 10.1. The highest BCUT2D eigenvalue weighted by atomic mass is 79.9. The van der Waals surface area contributed by atoms with Crippen molar-refractivity contribution < 1.29 is 19.4 Å². The Kier molecular flexibility index (Phi) is 5.85. The van der Waals surface area contributed by atoms with E-state index in [4.69, 9.17) is 9.84 Å². The second-order valence-corrected chi connectivity index (χ2v) is 4.66. The van der Waals surface area contributed by atoms with Gasteiger partial charge in [-0.15, -0.1) is 0 Å². The second kappa shape index (κ2) is 7.16. The van der Waals surface area contributed by atoms with Crippen LogP contribution in [0.25, 0.3) is 0 Å². The number of rotatable bonds is 6. The van der Waals surface area contributed by atoms with E-state index in [0.29, 0.717) is 13.0 Å². The van der Waals surface area contributed by atoms with Crippen LogP contribution in [0.1, 0.15) is 24.5 Å². The molecule has 5 heteroatoms. The van der Waals surface area contributed by atoms with Gasteiger partial charge in [-0.25, -0.2) is 0 Å². The van der Waals surface area contributed by atoms with E-state index in [1.807, 2.05) is 18.2 Å². The number of carboxylic acid groups (broad SMARTS) is 1. The third kappa shape index (κ3) is 4.87. The molecule has 0 saturated carbocycles. The monoisotopic (exact) mass is 314 g/mol. The van der Waals surface area contributed by atoms with Crippen molar-refractivity contribution in [3.63, 3.8) is 0 Å². The standard InChI is InChI=1S/C13H15BrO4/c1-2-18-13(17)8-9-3-4-10(11(14)7-9)5-6-12(15)16/h3-4,7H,2,5-6,8H2,1H3,(H,15,16). The molecular formula is C13H15BrO4. The van der Waals surface area contributed by atoms with Crippen LogP contribution in [0, 0.1) is 0 Å². The molecule has 0 atom stereocenters. The summed E-state index contributed by atoms with van der Waals surface area (Å²) in [6.07, 6.45) is 0.789. The van der Waals surface area contributed by atoms with Crippen LogP contribution in [0.15, 0.2) is 22.7 Å². The maximum absolute atomic E-state index is 11.3. The highest BCUT2D eigenvalue weighted by Crippen LogP contribution is 2.20. The normalized spacial score (nSPS) is 10.1. The summed E-state index contributed by atoms with van der Waals surface area (Å²) in [6, 6.07) is 5.48. The molecule has 1 rings (SSSR count). The first-order valence-electron chi connectivity index (χ1n) is 5.67. The van der Waals surface area contributed by atoms with Gasteiger partial charge in [-0.05, 0) is 30.5 Å². The maximum Gasteiger partial charge on any atom is 0.310 e. The third-order valence-corrected chi connectivity index (χ3v) is 3.12. The SMILES string of the molecule is CCOC(=O)Cc1ccc(CCC(=O)O)c(Br)c1. The fourth-order valence-corrected chi connectivity index (χ4v) is 2.15. The lowest BCUT2D eigenvalue weighted by Gasteiger charge is -2.06. The molecule has 98 valence electrons. The number of hydrogen-bond acceptors (Lipinski definition) is 3. The van der Waals surface area contributed by atoms with E-state index in [1.165, 1.54) is 0 Å². The van der Waals surface area contributed by atoms with Crippen molar-refractivity contribution in [2.75, 3.05) is 6.61 Å². The highest BCUT2D eigenvalue weighted by molar-refractivity contribution is 9.10. The van der Waals surface area contributed by atoms with E-state index in [1.54, 1.807) is 6.92 Å². The van der Waals surface area contributed by atoms with Crippen molar-refractivity contribution in [2.45, 2.75) is 26.2 Å². The van der Waals surface area contributed by atoms with Crippen LogP contribution in [-0.2, 0) is 27.2 Å². The van der Waals surface area contributed by atoms with Gasteiger partial charge in [0.15, 0.2) is 0 Å². The highest BCUT2D eigenvalue weighted by Gasteiger charge is 2.08. The van der Waals surface area contributed by atoms with Gasteiger partial charge in [-0.1, -0.05) is 28.1 Å². The van der Waals surface area contributed by atoms with Gasteiger partial charge in [-0.3, -0.25) is 9.59 Å². The van der Waals surface area contributed by atoms with Gasteiger partial charge in [0.25, 0.3) is 0 Å². The Hall–Kier alpha value is -1.36. The molecule has 0 bridgehead atoms. The van der Waals surface area contributed by atoms with Crippen molar-refractivity contribution >= 4 is 27.9 Å². The molecule has 0 fully saturated rings. The summed E-state index contributed by atoms with van der Waals surface area (Å²) in [4.78, 5) is 21.8. The summed E-state index contributed by atoms with van der Waals surface area (Å²) >= 11 is 3.38. The summed E-state index contributed by atoms with van der Waals surface area (Å²) in [5, 5.41) is 8.62. The van der Waals surface area contributed by atoms with E-state index in [9.17, 15) is 9.59 Å². The van der Waals surface area contributed by atoms with Crippen molar-refractivity contribution in [1.82, 2.24) is 0 Å². The molecule has 0 unspecified atom stereocenters. The number of hydrogen-bond donors (Lipinski definition) is 1. The third-order valence-electron chi connectivity index (χ3n) is 2.38. The molecule has 0 heterocycles. The smallest absolute Gasteiger partial charge is 0.310 e. The minimum absolute atomic E-state index is 0.0931. The van der Waals surface area contributed by atoms with Crippen LogP contribution in [0.3, 0.4) is 0 Å². The molecule has 18 heavy (non-hydrogen) atoms. The number of benzene rings is 1. The minimum Gasteiger partial charge on any atom is -0.481 e. The van der Waals surface area contributed by atoms with Gasteiger partial charge < -0.3 is 9.84 Å². The zero-order valence-corrected chi connectivity index (χ0v) is 11.7. The Balaban J connectivity index is 2.67. The summed E-state index contributed by atoms with van der Waals surface area (Å²) in [5.41, 5.74) is 1.77. The Morgan fingerprint density at radius 2 is 2.11 bits per heavy atom. The summed E-state index contributed by atoms with van der Waals surface area (Å²) < 4.78 is 5.69. The number of ether oxygens (including phenoxy) is 1. The summed E-state index contributed by atoms with van der Waals surface area (Å²) in [6.45, 7) is 2.14. The molecule has 4 nitrogen and oxygen atoms in total. The van der Waals surface area contributed by atoms with Crippen LogP contribution >= 0.6 is 15.9 Å². The molecule has 0 radical (unpaired) electrons. The van der Waals surface area contributed by atoms with E-state index in [0.717, 1.165) is 15.6 Å². The molecule has 0 aromatic heterocycles. The van der Waals surface area contributed by atoms with E-state index in [-0.39, 0.29) is 18.8 Å². The van der Waals surface area contributed by atoms with Crippen LogP contribution in [0.4, 0.5) is 0 Å². The molecule has 1 N–H and O–H groups in total. The lowest BCUT2D eigenvalue weighted by molar-refractivity contribution is -0.142. The molecular weight excluding hydrogens is 300 g/mol. The van der Waals surface area contributed by atoms with Gasteiger partial charge in [0.2, 0.25) is 0 Å². The maximum atomic E-state index is 11.3. The Morgan fingerprint density at radius 3 is 2.67 bits per heavy atom. The van der Waals surface area contributed by atoms with Gasteiger partial charge in [0, 0.05) is 10.9 Å². The van der Waals surface area contributed by atoms with Gasteiger partial charge in [-0.2, -0.15) is 0 Å². The zero-order chi connectivity index (χ0) is 13.5. The molecule has 0 spiro atoms. The van der Waals surface area contributed by atoms with Crippen molar-refractivity contribution in [1.29, 1.82) is 0 Å². The zero-order valence-electron chi connectivity index (χ0n) is 10.1. The average Bonchev–Trinajstić information content (AvgIpc) is 2.28. The predicted molar refractivity (Wildman–Crippen MR) is 70.4 cm³/mol. The van der Waals surface area contributed by atoms with Crippen LogP contribution in [0.2, 0.25) is 0 Å².